The predicted octanol–water partition coefficient (Wildman–Crippen LogP) is 4.04. The Kier molecular flexibility index (Phi) is 6.57. The highest BCUT2D eigenvalue weighted by molar-refractivity contribution is 6.33. The van der Waals surface area contributed by atoms with Crippen LogP contribution in [0.4, 0.5) is 0 Å². The summed E-state index contributed by atoms with van der Waals surface area (Å²) in [6.07, 6.45) is -0.299. The van der Waals surface area contributed by atoms with E-state index in [0.29, 0.717) is 40.4 Å². The molecule has 0 saturated carbocycles. The molecule has 8 heteroatoms. The number of carbonyl (C=O) groups excluding carboxylic acids is 1. The summed E-state index contributed by atoms with van der Waals surface area (Å²) in [6.45, 7) is 4.86. The molecule has 0 bridgehead atoms. The second kappa shape index (κ2) is 9.97. The van der Waals surface area contributed by atoms with Gasteiger partial charge in [-0.05, 0) is 35.2 Å². The number of aliphatic carboxylic acids is 1. The number of fused-ring (bicyclic) bond motifs is 2. The molecule has 184 valence electrons. The number of carbonyl (C=O) groups is 2. The number of H-pyrrole nitrogens is 1. The summed E-state index contributed by atoms with van der Waals surface area (Å²) in [5, 5.41) is 13.3. The van der Waals surface area contributed by atoms with Crippen LogP contribution in [0.3, 0.4) is 0 Å². The lowest BCUT2D eigenvalue weighted by molar-refractivity contribution is -0.136. The Bertz CT molecular complexity index is 1580. The van der Waals surface area contributed by atoms with Gasteiger partial charge in [0.1, 0.15) is 19.4 Å². The van der Waals surface area contributed by atoms with Gasteiger partial charge in [0.2, 0.25) is 0 Å². The number of carboxylic acids is 1. The minimum Gasteiger partial charge on any atom is -0.481 e. The lowest BCUT2D eigenvalue weighted by Gasteiger charge is -2.13. The zero-order valence-corrected chi connectivity index (χ0v) is 20.8. The standard InChI is InChI=1S/C29H27BN4O3/c1-17(2)19-9-7-18(8-10-19)16-34-25-12-11-20(30)13-21(25)22(14-27(35)36)28(34)29(37)31-15-26-32-23-5-3-4-6-24(23)33-26/h3-13,17H,14-16H2,1-2H3,(H,31,37)(H,32,33)(H,35,36). The number of benzene rings is 3. The van der Waals surface area contributed by atoms with Gasteiger partial charge in [0.15, 0.2) is 0 Å². The maximum Gasteiger partial charge on any atom is 0.307 e. The minimum absolute atomic E-state index is 0.173. The third-order valence-corrected chi connectivity index (χ3v) is 6.58. The van der Waals surface area contributed by atoms with Crippen molar-refractivity contribution in [3.63, 3.8) is 0 Å². The van der Waals surface area contributed by atoms with Crippen molar-refractivity contribution in [2.24, 2.45) is 0 Å². The molecule has 7 nitrogen and oxygen atoms in total. The molecule has 0 aliphatic rings. The Balaban J connectivity index is 1.55. The van der Waals surface area contributed by atoms with Crippen molar-refractivity contribution in [1.82, 2.24) is 19.9 Å². The first-order valence-corrected chi connectivity index (χ1v) is 12.2. The molecule has 0 fully saturated rings. The third kappa shape index (κ3) is 5.00. The molecule has 3 N–H and O–H groups in total. The molecule has 0 aliphatic heterocycles. The van der Waals surface area contributed by atoms with Gasteiger partial charge in [0, 0.05) is 23.0 Å². The Morgan fingerprint density at radius 1 is 1.08 bits per heavy atom. The van der Waals surface area contributed by atoms with Gasteiger partial charge in [-0.1, -0.05) is 67.8 Å². The Morgan fingerprint density at radius 3 is 2.54 bits per heavy atom. The number of hydrogen-bond acceptors (Lipinski definition) is 3. The molecule has 2 radical (unpaired) electrons. The summed E-state index contributed by atoms with van der Waals surface area (Å²) >= 11 is 0. The topological polar surface area (TPSA) is 100 Å². The number of nitrogens with zero attached hydrogens (tertiary/aromatic N) is 2. The van der Waals surface area contributed by atoms with E-state index >= 15 is 0 Å². The fourth-order valence-electron chi connectivity index (χ4n) is 4.72. The number of para-hydroxylation sites is 2. The first-order chi connectivity index (χ1) is 17.8. The maximum atomic E-state index is 13.6. The summed E-state index contributed by atoms with van der Waals surface area (Å²) in [4.78, 5) is 33.2. The second-order valence-electron chi connectivity index (χ2n) is 9.54. The number of imidazole rings is 1. The first-order valence-electron chi connectivity index (χ1n) is 12.2. The molecule has 2 heterocycles. The first kappa shape index (κ1) is 24.4. The number of nitrogens with one attached hydrogen (secondary N) is 2. The molecule has 0 saturated heterocycles. The van der Waals surface area contributed by atoms with Crippen LogP contribution in [0, 0.1) is 0 Å². The largest absolute Gasteiger partial charge is 0.481 e. The van der Waals surface area contributed by atoms with Crippen LogP contribution in [0.5, 0.6) is 0 Å². The number of aromatic amines is 1. The van der Waals surface area contributed by atoms with E-state index in [-0.39, 0.29) is 18.9 Å². The molecule has 1 amide bonds. The number of amides is 1. The summed E-state index contributed by atoms with van der Waals surface area (Å²) in [7, 11) is 6.06. The van der Waals surface area contributed by atoms with Crippen LogP contribution in [0.1, 0.15) is 52.8 Å². The van der Waals surface area contributed by atoms with Crippen LogP contribution in [-0.2, 0) is 24.3 Å². The number of rotatable bonds is 8. The summed E-state index contributed by atoms with van der Waals surface area (Å²) in [6, 6.07) is 21.3. The van der Waals surface area contributed by atoms with Crippen LogP contribution in [0.15, 0.2) is 66.7 Å². The van der Waals surface area contributed by atoms with Crippen LogP contribution >= 0.6 is 0 Å². The molecule has 0 atom stereocenters. The van der Waals surface area contributed by atoms with Crippen LogP contribution in [-0.4, -0.2) is 39.4 Å². The van der Waals surface area contributed by atoms with Gasteiger partial charge in [0.25, 0.3) is 5.91 Å². The van der Waals surface area contributed by atoms with E-state index < -0.39 is 5.97 Å². The van der Waals surface area contributed by atoms with Gasteiger partial charge in [-0.2, -0.15) is 0 Å². The normalized spacial score (nSPS) is 11.4. The van der Waals surface area contributed by atoms with Crippen LogP contribution in [0.2, 0.25) is 0 Å². The molecule has 0 unspecified atom stereocenters. The van der Waals surface area contributed by atoms with Crippen LogP contribution in [0.25, 0.3) is 21.9 Å². The highest BCUT2D eigenvalue weighted by Crippen LogP contribution is 2.28. The third-order valence-electron chi connectivity index (χ3n) is 6.58. The molecule has 5 aromatic rings. The van der Waals surface area contributed by atoms with E-state index in [1.165, 1.54) is 5.56 Å². The average molecular weight is 490 g/mol. The Morgan fingerprint density at radius 2 is 1.84 bits per heavy atom. The highest BCUT2D eigenvalue weighted by atomic mass is 16.4. The minimum atomic E-state index is -1.02. The van der Waals surface area contributed by atoms with Crippen molar-refractivity contribution in [3.8, 4) is 0 Å². The average Bonchev–Trinajstić information content (AvgIpc) is 3.41. The van der Waals surface area contributed by atoms with Crippen molar-refractivity contribution >= 4 is 47.1 Å². The number of aromatic nitrogens is 3. The highest BCUT2D eigenvalue weighted by Gasteiger charge is 2.25. The molecular formula is C29H27BN4O3. The zero-order chi connectivity index (χ0) is 26.1. The fraction of sp³-hybridized carbons (Fsp3) is 0.207. The Labute approximate surface area is 215 Å². The lowest BCUT2D eigenvalue weighted by atomic mass is 9.93. The Hall–Kier alpha value is -4.33. The molecular weight excluding hydrogens is 463 g/mol. The molecule has 37 heavy (non-hydrogen) atoms. The molecule has 2 aromatic heterocycles. The smallest absolute Gasteiger partial charge is 0.307 e. The van der Waals surface area contributed by atoms with E-state index in [4.69, 9.17) is 7.85 Å². The number of hydrogen-bond donors (Lipinski definition) is 3. The van der Waals surface area contributed by atoms with E-state index in [2.05, 4.69) is 41.3 Å². The van der Waals surface area contributed by atoms with Gasteiger partial charge >= 0.3 is 5.97 Å². The van der Waals surface area contributed by atoms with Crippen LogP contribution < -0.4 is 10.8 Å². The lowest BCUT2D eigenvalue weighted by Crippen LogP contribution is -2.27. The van der Waals surface area contributed by atoms with E-state index in [9.17, 15) is 14.7 Å². The van der Waals surface area contributed by atoms with Crippen molar-refractivity contribution < 1.29 is 14.7 Å². The second-order valence-corrected chi connectivity index (χ2v) is 9.54. The van der Waals surface area contributed by atoms with Crippen molar-refractivity contribution in [3.05, 3.63) is 94.9 Å². The van der Waals surface area contributed by atoms with E-state index in [1.54, 1.807) is 12.1 Å². The van der Waals surface area contributed by atoms with Gasteiger partial charge < -0.3 is 20.0 Å². The quantitative estimate of drug-likeness (QED) is 0.286. The number of carboxylic acid groups (broad SMARTS) is 1. The fourth-order valence-corrected chi connectivity index (χ4v) is 4.72. The SMILES string of the molecule is [B]c1ccc2c(c1)c(CC(=O)O)c(C(=O)NCc1nc3ccccc3[nH]1)n2Cc1ccc(C(C)C)cc1. The molecule has 3 aromatic carbocycles. The van der Waals surface area contributed by atoms with E-state index in [1.807, 2.05) is 47.0 Å². The van der Waals surface area contributed by atoms with Crippen molar-refractivity contribution in [2.45, 2.75) is 39.3 Å². The van der Waals surface area contributed by atoms with E-state index in [0.717, 1.165) is 22.1 Å². The predicted molar refractivity (Wildman–Crippen MR) is 146 cm³/mol. The summed E-state index contributed by atoms with van der Waals surface area (Å²) in [5.74, 6) is -0.365. The van der Waals surface area contributed by atoms with Gasteiger partial charge in [0.05, 0.1) is 24.0 Å². The van der Waals surface area contributed by atoms with Gasteiger partial charge in [-0.25, -0.2) is 4.98 Å². The summed E-state index contributed by atoms with van der Waals surface area (Å²) < 4.78 is 1.88. The van der Waals surface area contributed by atoms with Crippen molar-refractivity contribution in [2.75, 3.05) is 0 Å². The van der Waals surface area contributed by atoms with Gasteiger partial charge in [-0.15, -0.1) is 0 Å². The monoisotopic (exact) mass is 490 g/mol. The maximum absolute atomic E-state index is 13.6. The summed E-state index contributed by atoms with van der Waals surface area (Å²) in [5.41, 5.74) is 5.94. The molecule has 0 spiro atoms. The zero-order valence-electron chi connectivity index (χ0n) is 20.8. The van der Waals surface area contributed by atoms with Gasteiger partial charge in [-0.3, -0.25) is 9.59 Å². The molecule has 0 aliphatic carbocycles. The van der Waals surface area contributed by atoms with Crippen molar-refractivity contribution in [1.29, 1.82) is 0 Å². The molecule has 5 rings (SSSR count).